The zero-order valence-electron chi connectivity index (χ0n) is 9.69. The number of hydrogen-bond acceptors (Lipinski definition) is 2. The third-order valence-corrected chi connectivity index (χ3v) is 2.56. The summed E-state index contributed by atoms with van der Waals surface area (Å²) in [6.07, 6.45) is -3.85. The average Bonchev–Trinajstić information content (AvgIpc) is 2.21. The molecule has 0 aromatic heterocycles. The van der Waals surface area contributed by atoms with Crippen LogP contribution in [-0.4, -0.2) is 19.3 Å². The van der Waals surface area contributed by atoms with Crippen molar-refractivity contribution in [2.24, 2.45) is 0 Å². The normalized spacial score (nSPS) is 11.7. The first-order valence-electron chi connectivity index (χ1n) is 5.31. The summed E-state index contributed by atoms with van der Waals surface area (Å²) >= 11 is 5.56. The first-order chi connectivity index (χ1) is 8.24. The quantitative estimate of drug-likeness (QED) is 0.672. The van der Waals surface area contributed by atoms with Gasteiger partial charge in [-0.25, -0.2) is 4.39 Å². The maximum absolute atomic E-state index is 13.1. The van der Waals surface area contributed by atoms with Crippen molar-refractivity contribution in [1.82, 2.24) is 0 Å². The van der Waals surface area contributed by atoms with E-state index in [1.54, 1.807) is 6.92 Å². The van der Waals surface area contributed by atoms with Gasteiger partial charge >= 0.3 is 6.18 Å². The molecule has 0 saturated heterocycles. The summed E-state index contributed by atoms with van der Waals surface area (Å²) in [5.41, 5.74) is 5.57. The molecule has 0 unspecified atom stereocenters. The lowest BCUT2D eigenvalue weighted by molar-refractivity contribution is -0.119. The molecule has 0 bridgehead atoms. The van der Waals surface area contributed by atoms with Crippen molar-refractivity contribution in [1.29, 1.82) is 0 Å². The summed E-state index contributed by atoms with van der Waals surface area (Å²) in [6, 6.07) is 2.05. The Morgan fingerprint density at radius 3 is 2.44 bits per heavy atom. The molecule has 0 spiro atoms. The van der Waals surface area contributed by atoms with Crippen LogP contribution in [0.25, 0.3) is 0 Å². The van der Waals surface area contributed by atoms with Crippen molar-refractivity contribution in [2.75, 3.05) is 23.7 Å². The number of hydrogen-bond donors (Lipinski definition) is 1. The molecule has 2 nitrogen and oxygen atoms in total. The molecule has 7 heteroatoms. The van der Waals surface area contributed by atoms with Gasteiger partial charge in [0.25, 0.3) is 0 Å². The van der Waals surface area contributed by atoms with E-state index in [-0.39, 0.29) is 22.9 Å². The SMILES string of the molecule is CCCN(CC(F)(F)F)c1cc(Cl)c(F)cc1N. The van der Waals surface area contributed by atoms with Crippen LogP contribution in [0, 0.1) is 5.82 Å². The van der Waals surface area contributed by atoms with Crippen LogP contribution >= 0.6 is 11.6 Å². The van der Waals surface area contributed by atoms with Crippen molar-refractivity contribution in [3.05, 3.63) is 23.0 Å². The predicted molar refractivity (Wildman–Crippen MR) is 64.4 cm³/mol. The van der Waals surface area contributed by atoms with Gasteiger partial charge in [-0.15, -0.1) is 0 Å². The molecular formula is C11H13ClF4N2. The Labute approximate surface area is 107 Å². The highest BCUT2D eigenvalue weighted by Crippen LogP contribution is 2.31. The molecule has 0 amide bonds. The number of nitrogen functional groups attached to an aromatic ring is 1. The third kappa shape index (κ3) is 3.94. The third-order valence-electron chi connectivity index (χ3n) is 2.27. The van der Waals surface area contributed by atoms with E-state index in [9.17, 15) is 17.6 Å². The van der Waals surface area contributed by atoms with Gasteiger partial charge in [0.15, 0.2) is 0 Å². The Balaban J connectivity index is 3.09. The molecule has 0 aliphatic carbocycles. The molecule has 1 aromatic rings. The second-order valence-corrected chi connectivity index (χ2v) is 4.27. The van der Waals surface area contributed by atoms with Crippen LogP contribution in [0.4, 0.5) is 28.9 Å². The number of rotatable bonds is 4. The maximum atomic E-state index is 13.1. The van der Waals surface area contributed by atoms with Crippen molar-refractivity contribution < 1.29 is 17.6 Å². The fraction of sp³-hybridized carbons (Fsp3) is 0.455. The Kier molecular flexibility index (Phi) is 4.67. The monoisotopic (exact) mass is 284 g/mol. The number of anilines is 2. The van der Waals surface area contributed by atoms with E-state index in [1.807, 2.05) is 0 Å². The van der Waals surface area contributed by atoms with Gasteiger partial charge in [0.1, 0.15) is 12.4 Å². The largest absolute Gasteiger partial charge is 0.405 e. The van der Waals surface area contributed by atoms with Gasteiger partial charge < -0.3 is 10.6 Å². The Bertz CT molecular complexity index is 420. The van der Waals surface area contributed by atoms with Crippen LogP contribution in [0.15, 0.2) is 12.1 Å². The van der Waals surface area contributed by atoms with E-state index in [0.29, 0.717) is 6.42 Å². The fourth-order valence-corrected chi connectivity index (χ4v) is 1.75. The van der Waals surface area contributed by atoms with Crippen LogP contribution in [0.1, 0.15) is 13.3 Å². The summed E-state index contributed by atoms with van der Waals surface area (Å²) in [7, 11) is 0. The Morgan fingerprint density at radius 1 is 1.33 bits per heavy atom. The molecule has 102 valence electrons. The fourth-order valence-electron chi connectivity index (χ4n) is 1.60. The van der Waals surface area contributed by atoms with Gasteiger partial charge in [0.05, 0.1) is 16.4 Å². The lowest BCUT2D eigenvalue weighted by atomic mass is 10.2. The molecule has 0 saturated carbocycles. The lowest BCUT2D eigenvalue weighted by Gasteiger charge is -2.27. The summed E-state index contributed by atoms with van der Waals surface area (Å²) in [6.45, 7) is 0.753. The van der Waals surface area contributed by atoms with Crippen LogP contribution < -0.4 is 10.6 Å². The molecule has 0 radical (unpaired) electrons. The summed E-state index contributed by atoms with van der Waals surface area (Å²) < 4.78 is 50.4. The van der Waals surface area contributed by atoms with Crippen LogP contribution in [0.5, 0.6) is 0 Å². The van der Waals surface area contributed by atoms with E-state index in [4.69, 9.17) is 17.3 Å². The topological polar surface area (TPSA) is 29.3 Å². The molecule has 0 aliphatic rings. The summed E-state index contributed by atoms with van der Waals surface area (Å²) in [4.78, 5) is 1.04. The Hall–Kier alpha value is -1.17. The molecular weight excluding hydrogens is 272 g/mol. The Morgan fingerprint density at radius 2 is 1.94 bits per heavy atom. The van der Waals surface area contributed by atoms with Gasteiger partial charge in [-0.1, -0.05) is 18.5 Å². The molecule has 2 N–H and O–H groups in total. The standard InChI is InChI=1S/C11H13ClF4N2/c1-2-3-18(6-11(14,15)16)10-4-7(12)8(13)5-9(10)17/h4-5H,2-3,6,17H2,1H3. The average molecular weight is 285 g/mol. The maximum Gasteiger partial charge on any atom is 0.405 e. The van der Waals surface area contributed by atoms with Crippen molar-refractivity contribution in [3.8, 4) is 0 Å². The zero-order chi connectivity index (χ0) is 13.9. The molecule has 0 fully saturated rings. The summed E-state index contributed by atoms with van der Waals surface area (Å²) in [5.74, 6) is -0.749. The van der Waals surface area contributed by atoms with Gasteiger partial charge in [-0.2, -0.15) is 13.2 Å². The number of benzene rings is 1. The van der Waals surface area contributed by atoms with Gasteiger partial charge in [0, 0.05) is 12.6 Å². The highest BCUT2D eigenvalue weighted by Gasteiger charge is 2.31. The minimum atomic E-state index is -4.36. The summed E-state index contributed by atoms with van der Waals surface area (Å²) in [5, 5.41) is -0.248. The van der Waals surface area contributed by atoms with Gasteiger partial charge in [-0.3, -0.25) is 0 Å². The predicted octanol–water partition coefficient (Wildman–Crippen LogP) is 3.84. The van der Waals surface area contributed by atoms with E-state index in [2.05, 4.69) is 0 Å². The first-order valence-corrected chi connectivity index (χ1v) is 5.68. The lowest BCUT2D eigenvalue weighted by Crippen LogP contribution is -2.35. The van der Waals surface area contributed by atoms with E-state index in [1.165, 1.54) is 0 Å². The number of alkyl halides is 3. The minimum absolute atomic E-state index is 0.0606. The van der Waals surface area contributed by atoms with Crippen LogP contribution in [0.2, 0.25) is 5.02 Å². The molecule has 1 rings (SSSR count). The minimum Gasteiger partial charge on any atom is -0.397 e. The first kappa shape index (κ1) is 14.9. The van der Waals surface area contributed by atoms with Crippen LogP contribution in [-0.2, 0) is 0 Å². The second-order valence-electron chi connectivity index (χ2n) is 3.86. The molecule has 1 aromatic carbocycles. The van der Waals surface area contributed by atoms with Crippen molar-refractivity contribution >= 4 is 23.0 Å². The van der Waals surface area contributed by atoms with Crippen molar-refractivity contribution in [2.45, 2.75) is 19.5 Å². The number of nitrogens with two attached hydrogens (primary N) is 1. The highest BCUT2D eigenvalue weighted by molar-refractivity contribution is 6.31. The van der Waals surface area contributed by atoms with E-state index < -0.39 is 18.5 Å². The highest BCUT2D eigenvalue weighted by atomic mass is 35.5. The van der Waals surface area contributed by atoms with E-state index in [0.717, 1.165) is 17.0 Å². The molecule has 0 heterocycles. The zero-order valence-corrected chi connectivity index (χ0v) is 10.4. The number of halogens is 5. The van der Waals surface area contributed by atoms with Gasteiger partial charge in [0.2, 0.25) is 0 Å². The molecule has 0 atom stereocenters. The van der Waals surface area contributed by atoms with Crippen LogP contribution in [0.3, 0.4) is 0 Å². The smallest absolute Gasteiger partial charge is 0.397 e. The van der Waals surface area contributed by atoms with Crippen molar-refractivity contribution in [3.63, 3.8) is 0 Å². The van der Waals surface area contributed by atoms with Gasteiger partial charge in [-0.05, 0) is 12.5 Å². The second kappa shape index (κ2) is 5.65. The molecule has 18 heavy (non-hydrogen) atoms. The van der Waals surface area contributed by atoms with E-state index >= 15 is 0 Å². The molecule has 0 aliphatic heterocycles. The number of nitrogens with zero attached hydrogens (tertiary/aromatic N) is 1.